The van der Waals surface area contributed by atoms with Gasteiger partial charge in [-0.15, -0.1) is 11.3 Å². The van der Waals surface area contributed by atoms with Crippen LogP contribution < -0.4 is 4.90 Å². The number of rotatable bonds is 5. The van der Waals surface area contributed by atoms with Gasteiger partial charge in [-0.3, -0.25) is 14.5 Å². The van der Waals surface area contributed by atoms with Gasteiger partial charge in [0.25, 0.3) is 0 Å². The first-order chi connectivity index (χ1) is 16.9. The predicted molar refractivity (Wildman–Crippen MR) is 145 cm³/mol. The van der Waals surface area contributed by atoms with Crippen LogP contribution in [0, 0.1) is 29.1 Å². The van der Waals surface area contributed by atoms with Gasteiger partial charge < -0.3 is 9.64 Å². The molecule has 1 aliphatic carbocycles. The molecule has 6 nitrogen and oxygen atoms in total. The number of amides is 2. The SMILES string of the molecule is COC(=O)c1sc(C#CC(C)(C)C)cc1N(C(=O)C1CCC(C)CC1)C1CCCCN(C(C)C)C1=O. The van der Waals surface area contributed by atoms with E-state index in [1.807, 2.05) is 45.6 Å². The third-order valence-corrected chi connectivity index (χ3v) is 8.16. The highest BCUT2D eigenvalue weighted by Gasteiger charge is 2.41. The van der Waals surface area contributed by atoms with Gasteiger partial charge in [0, 0.05) is 23.9 Å². The second kappa shape index (κ2) is 11.8. The number of carbonyl (C=O) groups excluding carboxylic acids is 3. The van der Waals surface area contributed by atoms with Crippen molar-refractivity contribution in [1.29, 1.82) is 0 Å². The van der Waals surface area contributed by atoms with Crippen LogP contribution in [0.25, 0.3) is 0 Å². The average molecular weight is 515 g/mol. The van der Waals surface area contributed by atoms with Gasteiger partial charge >= 0.3 is 5.97 Å². The molecule has 1 saturated heterocycles. The third kappa shape index (κ3) is 6.70. The number of nitrogens with zero attached hydrogens (tertiary/aromatic N) is 2. The maximum atomic E-state index is 14.2. The van der Waals surface area contributed by atoms with Crippen molar-refractivity contribution in [1.82, 2.24) is 4.90 Å². The van der Waals surface area contributed by atoms with Crippen LogP contribution >= 0.6 is 11.3 Å². The maximum absolute atomic E-state index is 14.2. The summed E-state index contributed by atoms with van der Waals surface area (Å²) in [5.74, 6) is 6.26. The molecule has 1 saturated carbocycles. The van der Waals surface area contributed by atoms with Gasteiger partial charge in [-0.25, -0.2) is 4.79 Å². The molecule has 0 radical (unpaired) electrons. The molecule has 0 bridgehead atoms. The number of methoxy groups -OCH3 is 1. The van der Waals surface area contributed by atoms with E-state index in [4.69, 9.17) is 4.74 Å². The minimum atomic E-state index is -0.636. The smallest absolute Gasteiger partial charge is 0.350 e. The highest BCUT2D eigenvalue weighted by molar-refractivity contribution is 7.15. The van der Waals surface area contributed by atoms with Crippen LogP contribution in [0.1, 0.15) is 101 Å². The quantitative estimate of drug-likeness (QED) is 0.363. The number of ether oxygens (including phenoxy) is 1. The molecule has 198 valence electrons. The molecule has 0 spiro atoms. The van der Waals surface area contributed by atoms with E-state index in [1.165, 1.54) is 18.4 Å². The summed E-state index contributed by atoms with van der Waals surface area (Å²) in [5, 5.41) is 0. The van der Waals surface area contributed by atoms with Crippen molar-refractivity contribution < 1.29 is 19.1 Å². The Balaban J connectivity index is 2.14. The van der Waals surface area contributed by atoms with Crippen molar-refractivity contribution in [3.8, 4) is 11.8 Å². The lowest BCUT2D eigenvalue weighted by molar-refractivity contribution is -0.136. The van der Waals surface area contributed by atoms with Crippen LogP contribution in [0.4, 0.5) is 5.69 Å². The van der Waals surface area contributed by atoms with Gasteiger partial charge in [0.05, 0.1) is 17.7 Å². The molecule has 36 heavy (non-hydrogen) atoms. The first-order valence-electron chi connectivity index (χ1n) is 13.3. The maximum Gasteiger partial charge on any atom is 0.350 e. The molecule has 1 aromatic heterocycles. The van der Waals surface area contributed by atoms with Crippen molar-refractivity contribution in [2.75, 3.05) is 18.6 Å². The Morgan fingerprint density at radius 2 is 1.81 bits per heavy atom. The van der Waals surface area contributed by atoms with Crippen LogP contribution in [0.15, 0.2) is 6.07 Å². The number of thiophene rings is 1. The normalized spacial score (nSPS) is 23.1. The molecule has 0 N–H and O–H groups in total. The van der Waals surface area contributed by atoms with Crippen molar-refractivity contribution in [3.05, 3.63) is 15.8 Å². The second-order valence-electron chi connectivity index (χ2n) is 11.6. The number of anilines is 1. The fourth-order valence-electron chi connectivity index (χ4n) is 5.05. The summed E-state index contributed by atoms with van der Waals surface area (Å²) in [4.78, 5) is 45.5. The number of likely N-dealkylation sites (tertiary alicyclic amines) is 1. The van der Waals surface area contributed by atoms with Gasteiger partial charge in [-0.1, -0.05) is 18.8 Å². The molecule has 1 aromatic rings. The third-order valence-electron chi connectivity index (χ3n) is 7.14. The summed E-state index contributed by atoms with van der Waals surface area (Å²) >= 11 is 1.24. The summed E-state index contributed by atoms with van der Waals surface area (Å²) in [6, 6.07) is 1.22. The molecule has 2 heterocycles. The molecular weight excluding hydrogens is 472 g/mol. The van der Waals surface area contributed by atoms with Gasteiger partial charge in [-0.2, -0.15) is 0 Å². The average Bonchev–Trinajstić information content (AvgIpc) is 3.14. The number of hydrogen-bond acceptors (Lipinski definition) is 5. The van der Waals surface area contributed by atoms with Crippen LogP contribution in [0.3, 0.4) is 0 Å². The van der Waals surface area contributed by atoms with E-state index in [2.05, 4.69) is 18.8 Å². The second-order valence-corrected chi connectivity index (χ2v) is 12.7. The molecule has 2 aliphatic rings. The first kappa shape index (κ1) is 28.2. The minimum Gasteiger partial charge on any atom is -0.465 e. The molecule has 3 rings (SSSR count). The van der Waals surface area contributed by atoms with E-state index in [0.29, 0.717) is 34.3 Å². The molecule has 2 amide bonds. The Hall–Kier alpha value is -2.33. The summed E-state index contributed by atoms with van der Waals surface area (Å²) in [5.41, 5.74) is 0.261. The van der Waals surface area contributed by atoms with Crippen LogP contribution in [0.2, 0.25) is 0 Å². The lowest BCUT2D eigenvalue weighted by Gasteiger charge is -2.37. The Morgan fingerprint density at radius 1 is 1.14 bits per heavy atom. The Bertz CT molecular complexity index is 1020. The van der Waals surface area contributed by atoms with Gasteiger partial charge in [0.1, 0.15) is 10.9 Å². The zero-order valence-electron chi connectivity index (χ0n) is 23.0. The van der Waals surface area contributed by atoms with E-state index in [1.54, 1.807) is 4.90 Å². The minimum absolute atomic E-state index is 0.0376. The van der Waals surface area contributed by atoms with Gasteiger partial charge in [0.15, 0.2) is 0 Å². The van der Waals surface area contributed by atoms with E-state index in [0.717, 1.165) is 38.5 Å². The number of hydrogen-bond donors (Lipinski definition) is 0. The first-order valence-corrected chi connectivity index (χ1v) is 14.1. The number of esters is 1. The lowest BCUT2D eigenvalue weighted by Crippen LogP contribution is -2.53. The molecular formula is C29H42N2O4S. The largest absolute Gasteiger partial charge is 0.465 e. The molecule has 1 aliphatic heterocycles. The van der Waals surface area contributed by atoms with Crippen LogP contribution in [-0.2, 0) is 14.3 Å². The van der Waals surface area contributed by atoms with Crippen molar-refractivity contribution in [3.63, 3.8) is 0 Å². The van der Waals surface area contributed by atoms with E-state index in [9.17, 15) is 14.4 Å². The molecule has 1 atom stereocenters. The zero-order valence-corrected chi connectivity index (χ0v) is 23.8. The zero-order chi connectivity index (χ0) is 26.6. The molecule has 2 fully saturated rings. The van der Waals surface area contributed by atoms with E-state index >= 15 is 0 Å². The standard InChI is InChI=1S/C29H42N2O4S/c1-19(2)30-17-9-8-10-23(27(30)33)31(26(32)21-13-11-20(3)12-14-21)24-18-22(15-16-29(4,5)6)36-25(24)28(34)35-7/h18-21,23H,8-14,17H2,1-7H3. The molecule has 7 heteroatoms. The van der Waals surface area contributed by atoms with Crippen molar-refractivity contribution >= 4 is 34.8 Å². The monoisotopic (exact) mass is 514 g/mol. The predicted octanol–water partition coefficient (Wildman–Crippen LogP) is 5.88. The van der Waals surface area contributed by atoms with Crippen molar-refractivity contribution in [2.45, 2.75) is 98.6 Å². The van der Waals surface area contributed by atoms with E-state index < -0.39 is 12.0 Å². The summed E-state index contributed by atoms with van der Waals surface area (Å²) in [6.45, 7) is 13.0. The Kier molecular flexibility index (Phi) is 9.27. The number of carbonyl (C=O) groups is 3. The summed E-state index contributed by atoms with van der Waals surface area (Å²) in [7, 11) is 1.35. The lowest BCUT2D eigenvalue weighted by atomic mass is 9.82. The van der Waals surface area contributed by atoms with Crippen LogP contribution in [0.5, 0.6) is 0 Å². The molecule has 1 unspecified atom stereocenters. The topological polar surface area (TPSA) is 66.9 Å². The van der Waals surface area contributed by atoms with Gasteiger partial charge in [-0.05, 0) is 91.5 Å². The Labute approximate surface area is 220 Å². The highest BCUT2D eigenvalue weighted by Crippen LogP contribution is 2.38. The Morgan fingerprint density at radius 3 is 2.39 bits per heavy atom. The van der Waals surface area contributed by atoms with Crippen LogP contribution in [-0.4, -0.2) is 48.4 Å². The summed E-state index contributed by atoms with van der Waals surface area (Å²) in [6.07, 6.45) is 5.93. The van der Waals surface area contributed by atoms with Crippen molar-refractivity contribution in [2.24, 2.45) is 17.3 Å². The molecule has 0 aromatic carbocycles. The fraction of sp³-hybridized carbons (Fsp3) is 0.690. The van der Waals surface area contributed by atoms with E-state index in [-0.39, 0.29) is 29.2 Å². The summed E-state index contributed by atoms with van der Waals surface area (Å²) < 4.78 is 5.11. The highest BCUT2D eigenvalue weighted by atomic mass is 32.1. The van der Waals surface area contributed by atoms with Gasteiger partial charge in [0.2, 0.25) is 11.8 Å². The fourth-order valence-corrected chi connectivity index (χ4v) is 5.97.